The average molecular weight is 279 g/mol. The second-order valence-electron chi connectivity index (χ2n) is 3.99. The summed E-state index contributed by atoms with van der Waals surface area (Å²) in [7, 11) is 0. The molecule has 6 nitrogen and oxygen atoms in total. The Hall–Kier alpha value is -2.15. The topological polar surface area (TPSA) is 83.3 Å². The van der Waals surface area contributed by atoms with E-state index in [9.17, 15) is 4.79 Å². The molecule has 0 aliphatic rings. The molecule has 2 rings (SSSR count). The Labute approximate surface area is 114 Å². The average Bonchev–Trinajstić information content (AvgIpc) is 2.69. The fourth-order valence-corrected chi connectivity index (χ4v) is 1.64. The van der Waals surface area contributed by atoms with Gasteiger partial charge in [-0.2, -0.15) is 0 Å². The number of ether oxygens (including phenoxy) is 1. The molecule has 0 radical (unpaired) electrons. The van der Waals surface area contributed by atoms with Gasteiger partial charge in [-0.1, -0.05) is 17.7 Å². The molecular formula is C12H13N3O3S. The Morgan fingerprint density at radius 3 is 2.79 bits per heavy atom. The predicted octanol–water partition coefficient (Wildman–Crippen LogP) is 1.58. The van der Waals surface area contributed by atoms with Gasteiger partial charge in [0, 0.05) is 0 Å². The van der Waals surface area contributed by atoms with Gasteiger partial charge in [-0.05, 0) is 31.3 Å². The van der Waals surface area contributed by atoms with Crippen molar-refractivity contribution >= 4 is 18.1 Å². The van der Waals surface area contributed by atoms with Crippen LogP contribution in [0.5, 0.6) is 5.75 Å². The van der Waals surface area contributed by atoms with Crippen LogP contribution in [0, 0.1) is 11.8 Å². The van der Waals surface area contributed by atoms with E-state index in [2.05, 4.69) is 5.10 Å². The first-order chi connectivity index (χ1) is 9.04. The summed E-state index contributed by atoms with van der Waals surface area (Å²) in [5, 5.41) is 4.00. The molecule has 2 N–H and O–H groups in total. The van der Waals surface area contributed by atoms with E-state index in [1.54, 1.807) is 0 Å². The van der Waals surface area contributed by atoms with Crippen molar-refractivity contribution in [3.63, 3.8) is 0 Å². The van der Waals surface area contributed by atoms with E-state index >= 15 is 0 Å². The Morgan fingerprint density at radius 1 is 1.47 bits per heavy atom. The van der Waals surface area contributed by atoms with Crippen LogP contribution in [-0.4, -0.2) is 15.7 Å². The molecule has 0 saturated carbocycles. The second-order valence-corrected chi connectivity index (χ2v) is 4.34. The van der Waals surface area contributed by atoms with Crippen LogP contribution < -0.4 is 10.5 Å². The zero-order valence-corrected chi connectivity index (χ0v) is 11.1. The highest BCUT2D eigenvalue weighted by molar-refractivity contribution is 7.71. The van der Waals surface area contributed by atoms with Crippen LogP contribution in [0.3, 0.4) is 0 Å². The number of hydrogen-bond donors (Lipinski definition) is 1. The van der Waals surface area contributed by atoms with Crippen molar-refractivity contribution in [2.75, 3.05) is 0 Å². The van der Waals surface area contributed by atoms with Gasteiger partial charge >= 0.3 is 0 Å². The molecule has 0 atom stereocenters. The van der Waals surface area contributed by atoms with Crippen molar-refractivity contribution in [3.05, 3.63) is 40.6 Å². The Bertz CT molecular complexity index is 630. The molecule has 0 saturated heterocycles. The third-order valence-corrected chi connectivity index (χ3v) is 2.63. The van der Waals surface area contributed by atoms with Gasteiger partial charge in [0.1, 0.15) is 12.3 Å². The lowest BCUT2D eigenvalue weighted by molar-refractivity contribution is -0.118. The number of primary amides is 1. The molecule has 19 heavy (non-hydrogen) atoms. The lowest BCUT2D eigenvalue weighted by Crippen LogP contribution is -2.19. The number of aryl methyl sites for hydroxylation is 1. The van der Waals surface area contributed by atoms with Crippen molar-refractivity contribution in [1.29, 1.82) is 0 Å². The van der Waals surface area contributed by atoms with Crippen LogP contribution in [0.4, 0.5) is 0 Å². The number of carbonyl (C=O) groups is 1. The summed E-state index contributed by atoms with van der Waals surface area (Å²) in [6.07, 6.45) is 0. The second kappa shape index (κ2) is 5.66. The highest BCUT2D eigenvalue weighted by Crippen LogP contribution is 2.13. The number of rotatable bonds is 5. The molecule has 0 aliphatic heterocycles. The summed E-state index contributed by atoms with van der Waals surface area (Å²) in [6.45, 7) is 2.03. The molecule has 1 aromatic carbocycles. The quantitative estimate of drug-likeness (QED) is 0.840. The number of nitrogens with two attached hydrogens (primary N) is 1. The summed E-state index contributed by atoms with van der Waals surface area (Å²) in [4.78, 5) is 10.9. The first-order valence-corrected chi connectivity index (χ1v) is 6.00. The highest BCUT2D eigenvalue weighted by Gasteiger charge is 2.08. The molecule has 0 bridgehead atoms. The van der Waals surface area contributed by atoms with Crippen LogP contribution in [-0.2, 0) is 17.9 Å². The first-order valence-electron chi connectivity index (χ1n) is 5.59. The lowest BCUT2D eigenvalue weighted by Gasteiger charge is -2.02. The van der Waals surface area contributed by atoms with Crippen molar-refractivity contribution in [3.8, 4) is 5.75 Å². The van der Waals surface area contributed by atoms with Gasteiger partial charge in [-0.15, -0.1) is 5.10 Å². The lowest BCUT2D eigenvalue weighted by atomic mass is 10.2. The molecule has 7 heteroatoms. The minimum atomic E-state index is -0.532. The van der Waals surface area contributed by atoms with Gasteiger partial charge in [-0.25, -0.2) is 4.68 Å². The van der Waals surface area contributed by atoms with Crippen LogP contribution in [0.15, 0.2) is 28.7 Å². The monoisotopic (exact) mass is 279 g/mol. The number of carbonyl (C=O) groups excluding carboxylic acids is 1. The number of aromatic nitrogens is 2. The predicted molar refractivity (Wildman–Crippen MR) is 70.0 cm³/mol. The van der Waals surface area contributed by atoms with Gasteiger partial charge in [0.15, 0.2) is 6.61 Å². The van der Waals surface area contributed by atoms with Crippen molar-refractivity contribution < 1.29 is 13.9 Å². The SMILES string of the molecule is Cc1ccc(OCc2nn(CC(N)=O)c(=S)o2)cc1. The van der Waals surface area contributed by atoms with Crippen molar-refractivity contribution in [2.24, 2.45) is 5.73 Å². The fourth-order valence-electron chi connectivity index (χ4n) is 1.43. The van der Waals surface area contributed by atoms with Gasteiger partial charge in [-0.3, -0.25) is 4.79 Å². The summed E-state index contributed by atoms with van der Waals surface area (Å²) >= 11 is 4.91. The summed E-state index contributed by atoms with van der Waals surface area (Å²) in [5.41, 5.74) is 6.21. The van der Waals surface area contributed by atoms with E-state index in [-0.39, 0.29) is 18.0 Å². The van der Waals surface area contributed by atoms with Gasteiger partial charge in [0.05, 0.1) is 0 Å². The van der Waals surface area contributed by atoms with Gasteiger partial charge < -0.3 is 14.9 Å². The molecule has 0 aliphatic carbocycles. The number of nitrogens with zero attached hydrogens (tertiary/aromatic N) is 2. The van der Waals surface area contributed by atoms with Crippen molar-refractivity contribution in [2.45, 2.75) is 20.1 Å². The minimum absolute atomic E-state index is 0.0984. The van der Waals surface area contributed by atoms with E-state index in [0.29, 0.717) is 11.6 Å². The Balaban J connectivity index is 2.02. The molecule has 1 heterocycles. The van der Waals surface area contributed by atoms with Crippen LogP contribution in [0.2, 0.25) is 0 Å². The molecule has 1 aromatic heterocycles. The van der Waals surface area contributed by atoms with E-state index in [1.807, 2.05) is 31.2 Å². The minimum Gasteiger partial charge on any atom is -0.484 e. The van der Waals surface area contributed by atoms with E-state index in [4.69, 9.17) is 27.1 Å². The Morgan fingerprint density at radius 2 is 2.16 bits per heavy atom. The van der Waals surface area contributed by atoms with Gasteiger partial charge in [0.2, 0.25) is 5.91 Å². The molecular weight excluding hydrogens is 266 g/mol. The van der Waals surface area contributed by atoms with Crippen LogP contribution >= 0.6 is 12.2 Å². The smallest absolute Gasteiger partial charge is 0.287 e. The summed E-state index contributed by atoms with van der Waals surface area (Å²) < 4.78 is 11.9. The van der Waals surface area contributed by atoms with E-state index < -0.39 is 5.91 Å². The molecule has 2 aromatic rings. The maximum atomic E-state index is 10.8. The third-order valence-electron chi connectivity index (χ3n) is 2.34. The Kier molecular flexibility index (Phi) is 3.96. The fraction of sp³-hybridized carbons (Fsp3) is 0.250. The largest absolute Gasteiger partial charge is 0.484 e. The summed E-state index contributed by atoms with van der Waals surface area (Å²) in [6, 6.07) is 7.59. The molecule has 0 spiro atoms. The van der Waals surface area contributed by atoms with E-state index in [1.165, 1.54) is 4.68 Å². The number of benzene rings is 1. The highest BCUT2D eigenvalue weighted by atomic mass is 32.1. The van der Waals surface area contributed by atoms with Crippen molar-refractivity contribution in [1.82, 2.24) is 9.78 Å². The normalized spacial score (nSPS) is 10.4. The maximum absolute atomic E-state index is 10.8. The molecule has 0 unspecified atom stereocenters. The molecule has 100 valence electrons. The third kappa shape index (κ3) is 3.65. The van der Waals surface area contributed by atoms with Gasteiger partial charge in [0.25, 0.3) is 10.7 Å². The zero-order chi connectivity index (χ0) is 13.8. The van der Waals surface area contributed by atoms with E-state index in [0.717, 1.165) is 5.56 Å². The number of amides is 1. The van der Waals surface area contributed by atoms with Crippen LogP contribution in [0.25, 0.3) is 0 Å². The number of hydrogen-bond acceptors (Lipinski definition) is 5. The molecule has 1 amide bonds. The summed E-state index contributed by atoms with van der Waals surface area (Å²) in [5.74, 6) is 0.471. The first kappa shape index (κ1) is 13.3. The van der Waals surface area contributed by atoms with Crippen LogP contribution in [0.1, 0.15) is 11.5 Å². The zero-order valence-electron chi connectivity index (χ0n) is 10.3. The molecule has 0 fully saturated rings. The standard InChI is InChI=1S/C12H13N3O3S/c1-8-2-4-9(5-3-8)17-7-11-14-15(6-10(13)16)12(19)18-11/h2-5H,6-7H2,1H3,(H2,13,16). The maximum Gasteiger partial charge on any atom is 0.287 e.